The van der Waals surface area contributed by atoms with Crippen LogP contribution in [0.4, 0.5) is 32.0 Å². The van der Waals surface area contributed by atoms with Crippen molar-refractivity contribution in [2.45, 2.75) is 51.5 Å². The fraction of sp³-hybridized carbons (Fsp3) is 0.435. The zero-order chi connectivity index (χ0) is 27.8. The van der Waals surface area contributed by atoms with Crippen LogP contribution in [0.15, 0.2) is 42.5 Å². The molecular formula is C23H24F6N2O5S. The van der Waals surface area contributed by atoms with Crippen LogP contribution < -0.4 is 14.2 Å². The largest absolute Gasteiger partial charge is 0.573 e. The van der Waals surface area contributed by atoms with Crippen LogP contribution in [0.3, 0.4) is 0 Å². The number of hydrogen-bond donors (Lipinski definition) is 1. The molecular weight excluding hydrogens is 530 g/mol. The summed E-state index contributed by atoms with van der Waals surface area (Å²) >= 11 is 0. The molecule has 1 atom stereocenters. The fourth-order valence-electron chi connectivity index (χ4n) is 3.78. The smallest absolute Gasteiger partial charge is 0.457 e. The van der Waals surface area contributed by atoms with Gasteiger partial charge in [0.2, 0.25) is 5.91 Å². The second-order valence-electron chi connectivity index (χ2n) is 9.33. The number of rotatable bonds is 6. The van der Waals surface area contributed by atoms with E-state index in [0.717, 1.165) is 24.3 Å². The van der Waals surface area contributed by atoms with Crippen LogP contribution in [0.25, 0.3) is 0 Å². The SMILES string of the molecule is CC(C)(C)C(=O)N1CCCC1c1cc(NS(=O)(=O)C(F)(F)F)ccc1Oc1ccc(OC(F)(F)F)cc1. The van der Waals surface area contributed by atoms with Crippen molar-refractivity contribution in [3.63, 3.8) is 0 Å². The molecule has 0 radical (unpaired) electrons. The molecule has 1 amide bonds. The van der Waals surface area contributed by atoms with Crippen molar-refractivity contribution in [1.82, 2.24) is 4.90 Å². The summed E-state index contributed by atoms with van der Waals surface area (Å²) in [5.74, 6) is -0.560. The maximum absolute atomic E-state index is 13.0. The summed E-state index contributed by atoms with van der Waals surface area (Å²) in [4.78, 5) is 14.6. The lowest BCUT2D eigenvalue weighted by molar-refractivity contribution is -0.274. The van der Waals surface area contributed by atoms with Crippen molar-refractivity contribution in [3.8, 4) is 17.2 Å². The van der Waals surface area contributed by atoms with Crippen LogP contribution in [0.2, 0.25) is 0 Å². The number of hydrogen-bond acceptors (Lipinski definition) is 5. The molecule has 204 valence electrons. The van der Waals surface area contributed by atoms with E-state index in [-0.39, 0.29) is 23.0 Å². The van der Waals surface area contributed by atoms with Gasteiger partial charge in [0.1, 0.15) is 17.2 Å². The highest BCUT2D eigenvalue weighted by molar-refractivity contribution is 7.93. The zero-order valence-corrected chi connectivity index (χ0v) is 20.7. The third kappa shape index (κ3) is 6.99. The van der Waals surface area contributed by atoms with E-state index in [1.54, 1.807) is 25.7 Å². The molecule has 0 aromatic heterocycles. The minimum absolute atomic E-state index is 0.0751. The molecule has 1 aliphatic heterocycles. The van der Waals surface area contributed by atoms with Crippen molar-refractivity contribution in [3.05, 3.63) is 48.0 Å². The predicted molar refractivity (Wildman–Crippen MR) is 121 cm³/mol. The van der Waals surface area contributed by atoms with E-state index in [1.165, 1.54) is 22.9 Å². The van der Waals surface area contributed by atoms with Gasteiger partial charge in [-0.15, -0.1) is 13.2 Å². The third-order valence-corrected chi connectivity index (χ3v) is 6.48. The normalized spacial score (nSPS) is 17.0. The van der Waals surface area contributed by atoms with Crippen molar-refractivity contribution < 1.29 is 49.0 Å². The standard InChI is InChI=1S/C23H24F6N2O5S/c1-21(2,3)20(32)31-12-4-5-18(31)17-13-14(30-37(33,34)23(27,28)29)6-11-19(17)35-15-7-9-16(10-8-15)36-22(24,25)26/h6-11,13,18,30H,4-5,12H2,1-3H3. The Labute approximate surface area is 209 Å². The molecule has 0 saturated carbocycles. The monoisotopic (exact) mass is 554 g/mol. The maximum atomic E-state index is 13.0. The molecule has 0 aliphatic carbocycles. The molecule has 37 heavy (non-hydrogen) atoms. The van der Waals surface area contributed by atoms with Crippen LogP contribution in [0.5, 0.6) is 17.2 Å². The molecule has 0 spiro atoms. The number of ether oxygens (including phenoxy) is 2. The summed E-state index contributed by atoms with van der Waals surface area (Å²) in [5.41, 5.74) is -6.49. The summed E-state index contributed by atoms with van der Waals surface area (Å²) in [6.07, 6.45) is -3.89. The van der Waals surface area contributed by atoms with E-state index < -0.39 is 44.8 Å². The molecule has 1 aliphatic rings. The topological polar surface area (TPSA) is 84.9 Å². The number of sulfonamides is 1. The molecule has 7 nitrogen and oxygen atoms in total. The number of nitrogens with one attached hydrogen (secondary N) is 1. The van der Waals surface area contributed by atoms with Gasteiger partial charge in [0.15, 0.2) is 0 Å². The van der Waals surface area contributed by atoms with Crippen molar-refractivity contribution in [1.29, 1.82) is 0 Å². The number of carbonyl (C=O) groups excluding carboxylic acids is 1. The number of anilines is 1. The first-order valence-electron chi connectivity index (χ1n) is 11.0. The van der Waals surface area contributed by atoms with Gasteiger partial charge >= 0.3 is 21.9 Å². The van der Waals surface area contributed by atoms with Gasteiger partial charge in [-0.1, -0.05) is 20.8 Å². The van der Waals surface area contributed by atoms with Crippen molar-refractivity contribution in [2.75, 3.05) is 11.3 Å². The molecule has 1 fully saturated rings. The quantitative estimate of drug-likeness (QED) is 0.421. The van der Waals surface area contributed by atoms with Crippen molar-refractivity contribution in [2.24, 2.45) is 5.41 Å². The summed E-state index contributed by atoms with van der Waals surface area (Å²) in [6, 6.07) is 7.19. The third-order valence-electron chi connectivity index (χ3n) is 5.37. The van der Waals surface area contributed by atoms with Crippen LogP contribution in [0.1, 0.15) is 45.2 Å². The lowest BCUT2D eigenvalue weighted by atomic mass is 9.93. The minimum atomic E-state index is -5.71. The molecule has 14 heteroatoms. The van der Waals surface area contributed by atoms with Crippen LogP contribution in [-0.2, 0) is 14.8 Å². The number of nitrogens with zero attached hydrogens (tertiary/aromatic N) is 1. The van der Waals surface area contributed by atoms with E-state index in [1.807, 2.05) is 0 Å². The summed E-state index contributed by atoms with van der Waals surface area (Å²) in [6.45, 7) is 5.49. The van der Waals surface area contributed by atoms with Gasteiger partial charge < -0.3 is 14.4 Å². The first kappa shape index (κ1) is 28.4. The van der Waals surface area contributed by atoms with Gasteiger partial charge in [-0.2, -0.15) is 21.6 Å². The molecule has 2 aromatic rings. The number of amides is 1. The number of carbonyl (C=O) groups is 1. The Kier molecular flexibility index (Phi) is 7.64. The average Bonchev–Trinajstić information content (AvgIpc) is 3.22. The van der Waals surface area contributed by atoms with E-state index >= 15 is 0 Å². The number of likely N-dealkylation sites (tertiary alicyclic amines) is 1. The highest BCUT2D eigenvalue weighted by Crippen LogP contribution is 2.42. The second-order valence-corrected chi connectivity index (χ2v) is 11.0. The average molecular weight is 555 g/mol. The van der Waals surface area contributed by atoms with Crippen molar-refractivity contribution >= 4 is 21.6 Å². The van der Waals surface area contributed by atoms with E-state index in [0.29, 0.717) is 19.4 Å². The molecule has 1 saturated heterocycles. The molecule has 2 aromatic carbocycles. The van der Waals surface area contributed by atoms with Crippen LogP contribution >= 0.6 is 0 Å². The van der Waals surface area contributed by atoms with Gasteiger partial charge in [-0.3, -0.25) is 9.52 Å². The lowest BCUT2D eigenvalue weighted by Gasteiger charge is -2.32. The summed E-state index contributed by atoms with van der Waals surface area (Å²) in [5, 5.41) is 0. The van der Waals surface area contributed by atoms with E-state index in [4.69, 9.17) is 4.74 Å². The molecule has 3 rings (SSSR count). The van der Waals surface area contributed by atoms with Gasteiger partial charge in [-0.05, 0) is 55.3 Å². The Hall–Kier alpha value is -3.16. The number of halogens is 6. The van der Waals surface area contributed by atoms with Crippen LogP contribution in [-0.4, -0.2) is 37.6 Å². The Bertz CT molecular complexity index is 1240. The molecule has 0 bridgehead atoms. The van der Waals surface area contributed by atoms with E-state index in [9.17, 15) is 39.6 Å². The lowest BCUT2D eigenvalue weighted by Crippen LogP contribution is -2.39. The minimum Gasteiger partial charge on any atom is -0.457 e. The second kappa shape index (κ2) is 9.95. The Morgan fingerprint density at radius 2 is 1.57 bits per heavy atom. The zero-order valence-electron chi connectivity index (χ0n) is 19.9. The van der Waals surface area contributed by atoms with Gasteiger partial charge in [0.05, 0.1) is 6.04 Å². The van der Waals surface area contributed by atoms with Gasteiger partial charge in [0.25, 0.3) is 0 Å². The van der Waals surface area contributed by atoms with E-state index in [2.05, 4.69) is 4.74 Å². The first-order valence-corrected chi connectivity index (χ1v) is 12.4. The predicted octanol–water partition coefficient (Wildman–Crippen LogP) is 6.35. The maximum Gasteiger partial charge on any atom is 0.573 e. The van der Waals surface area contributed by atoms with Gasteiger partial charge in [0, 0.05) is 23.2 Å². The molecule has 1 heterocycles. The molecule has 1 unspecified atom stereocenters. The summed E-state index contributed by atoms with van der Waals surface area (Å²) in [7, 11) is -5.71. The highest BCUT2D eigenvalue weighted by atomic mass is 32.2. The Morgan fingerprint density at radius 1 is 0.973 bits per heavy atom. The van der Waals surface area contributed by atoms with Crippen LogP contribution in [0, 0.1) is 5.41 Å². The Morgan fingerprint density at radius 3 is 2.11 bits per heavy atom. The first-order chi connectivity index (χ1) is 16.9. The highest BCUT2D eigenvalue weighted by Gasteiger charge is 2.46. The number of benzene rings is 2. The molecule has 1 N–H and O–H groups in total. The Balaban J connectivity index is 2.00. The van der Waals surface area contributed by atoms with Gasteiger partial charge in [-0.25, -0.2) is 0 Å². The summed E-state index contributed by atoms with van der Waals surface area (Å²) < 4.78 is 110. The number of alkyl halides is 6. The fourth-order valence-corrected chi connectivity index (χ4v) is 4.33.